The Balaban J connectivity index is 2.53. The Labute approximate surface area is 121 Å². The van der Waals surface area contributed by atoms with Gasteiger partial charge in [0.05, 0.1) is 12.3 Å². The van der Waals surface area contributed by atoms with Crippen LogP contribution in [0.15, 0.2) is 18.2 Å². The summed E-state index contributed by atoms with van der Waals surface area (Å²) in [5, 5.41) is 2.89. The first-order valence-corrected chi connectivity index (χ1v) is 6.96. The Hall–Kier alpha value is -1.75. The van der Waals surface area contributed by atoms with E-state index in [-0.39, 0.29) is 5.91 Å². The number of hydrogen-bond acceptors (Lipinski definition) is 4. The van der Waals surface area contributed by atoms with Crippen LogP contribution in [-0.4, -0.2) is 43.6 Å². The van der Waals surface area contributed by atoms with Gasteiger partial charge in [0, 0.05) is 24.7 Å². The molecule has 0 aliphatic heterocycles. The van der Waals surface area contributed by atoms with Crippen molar-refractivity contribution in [2.75, 3.05) is 32.5 Å². The van der Waals surface area contributed by atoms with Gasteiger partial charge in [-0.2, -0.15) is 0 Å². The SMILES string of the molecule is CCOc1ccc(C(=O)NCCN(C)C(C)C)cc1N. The maximum absolute atomic E-state index is 12.0. The topological polar surface area (TPSA) is 67.6 Å². The molecule has 0 spiro atoms. The van der Waals surface area contributed by atoms with Crippen molar-refractivity contribution in [3.05, 3.63) is 23.8 Å². The van der Waals surface area contributed by atoms with Gasteiger partial charge in [-0.3, -0.25) is 4.79 Å². The minimum Gasteiger partial charge on any atom is -0.492 e. The smallest absolute Gasteiger partial charge is 0.251 e. The lowest BCUT2D eigenvalue weighted by Gasteiger charge is -2.20. The van der Waals surface area contributed by atoms with E-state index >= 15 is 0 Å². The van der Waals surface area contributed by atoms with Crippen molar-refractivity contribution in [2.45, 2.75) is 26.8 Å². The van der Waals surface area contributed by atoms with Crippen molar-refractivity contribution in [3.63, 3.8) is 0 Å². The van der Waals surface area contributed by atoms with Gasteiger partial charge in [0.25, 0.3) is 5.91 Å². The van der Waals surface area contributed by atoms with Crippen molar-refractivity contribution in [3.8, 4) is 5.75 Å². The van der Waals surface area contributed by atoms with Gasteiger partial charge < -0.3 is 20.7 Å². The van der Waals surface area contributed by atoms with Crippen molar-refractivity contribution in [1.29, 1.82) is 0 Å². The number of rotatable bonds is 7. The molecule has 5 nitrogen and oxygen atoms in total. The molecule has 0 fully saturated rings. The molecule has 1 amide bonds. The highest BCUT2D eigenvalue weighted by atomic mass is 16.5. The second kappa shape index (κ2) is 7.75. The predicted molar refractivity (Wildman–Crippen MR) is 82.1 cm³/mol. The van der Waals surface area contributed by atoms with Crippen LogP contribution >= 0.6 is 0 Å². The van der Waals surface area contributed by atoms with E-state index in [0.29, 0.717) is 36.2 Å². The lowest BCUT2D eigenvalue weighted by atomic mass is 10.1. The molecule has 0 aliphatic carbocycles. The maximum Gasteiger partial charge on any atom is 0.251 e. The summed E-state index contributed by atoms with van der Waals surface area (Å²) >= 11 is 0. The summed E-state index contributed by atoms with van der Waals surface area (Å²) in [6, 6.07) is 5.57. The van der Waals surface area contributed by atoms with E-state index in [1.54, 1.807) is 18.2 Å². The molecule has 0 unspecified atom stereocenters. The Morgan fingerprint density at radius 3 is 2.70 bits per heavy atom. The molecular weight excluding hydrogens is 254 g/mol. The molecule has 0 atom stereocenters. The average molecular weight is 279 g/mol. The van der Waals surface area contributed by atoms with E-state index in [9.17, 15) is 4.79 Å². The highest BCUT2D eigenvalue weighted by Crippen LogP contribution is 2.22. The third-order valence-corrected chi connectivity index (χ3v) is 3.20. The Bertz CT molecular complexity index is 447. The van der Waals surface area contributed by atoms with Crippen LogP contribution in [0.5, 0.6) is 5.75 Å². The number of benzene rings is 1. The fraction of sp³-hybridized carbons (Fsp3) is 0.533. The number of carbonyl (C=O) groups excluding carboxylic acids is 1. The van der Waals surface area contributed by atoms with E-state index in [1.165, 1.54) is 0 Å². The number of ether oxygens (including phenoxy) is 1. The number of carbonyl (C=O) groups is 1. The third kappa shape index (κ3) is 4.74. The van der Waals surface area contributed by atoms with Crippen LogP contribution in [0.4, 0.5) is 5.69 Å². The molecule has 0 aromatic heterocycles. The summed E-state index contributed by atoms with van der Waals surface area (Å²) in [5.41, 5.74) is 6.89. The molecule has 20 heavy (non-hydrogen) atoms. The van der Waals surface area contributed by atoms with Crippen molar-refractivity contribution in [1.82, 2.24) is 10.2 Å². The van der Waals surface area contributed by atoms with Crippen LogP contribution in [-0.2, 0) is 0 Å². The van der Waals surface area contributed by atoms with Gasteiger partial charge in [-0.05, 0) is 46.0 Å². The zero-order valence-corrected chi connectivity index (χ0v) is 12.8. The number of amides is 1. The summed E-state index contributed by atoms with van der Waals surface area (Å²) in [7, 11) is 2.03. The second-order valence-electron chi connectivity index (χ2n) is 5.02. The highest BCUT2D eigenvalue weighted by molar-refractivity contribution is 5.95. The number of hydrogen-bond donors (Lipinski definition) is 2. The minimum absolute atomic E-state index is 0.114. The maximum atomic E-state index is 12.0. The quantitative estimate of drug-likeness (QED) is 0.746. The van der Waals surface area contributed by atoms with Gasteiger partial charge >= 0.3 is 0 Å². The zero-order chi connectivity index (χ0) is 15.1. The molecule has 3 N–H and O–H groups in total. The number of nitrogens with two attached hydrogens (primary N) is 1. The zero-order valence-electron chi connectivity index (χ0n) is 12.8. The first-order valence-electron chi connectivity index (χ1n) is 6.96. The lowest BCUT2D eigenvalue weighted by molar-refractivity contribution is 0.0948. The van der Waals surface area contributed by atoms with Crippen LogP contribution in [0, 0.1) is 0 Å². The summed E-state index contributed by atoms with van der Waals surface area (Å²) in [4.78, 5) is 14.2. The van der Waals surface area contributed by atoms with Crippen molar-refractivity contribution in [2.24, 2.45) is 0 Å². The standard InChI is InChI=1S/C15H25N3O2/c1-5-20-14-7-6-12(10-13(14)16)15(19)17-8-9-18(4)11(2)3/h6-7,10-11H,5,8-9,16H2,1-4H3,(H,17,19). The molecule has 112 valence electrons. The molecule has 0 saturated carbocycles. The first kappa shape index (κ1) is 16.3. The fourth-order valence-electron chi connectivity index (χ4n) is 1.68. The van der Waals surface area contributed by atoms with Crippen molar-refractivity contribution < 1.29 is 9.53 Å². The van der Waals surface area contributed by atoms with Gasteiger partial charge in [0.15, 0.2) is 0 Å². The van der Waals surface area contributed by atoms with E-state index in [2.05, 4.69) is 24.1 Å². The van der Waals surface area contributed by atoms with Gasteiger partial charge in [-0.15, -0.1) is 0 Å². The summed E-state index contributed by atoms with van der Waals surface area (Å²) in [6.45, 7) is 8.11. The molecule has 1 aromatic carbocycles. The summed E-state index contributed by atoms with van der Waals surface area (Å²) in [6.07, 6.45) is 0. The molecule has 1 rings (SSSR count). The molecule has 0 bridgehead atoms. The van der Waals surface area contributed by atoms with E-state index < -0.39 is 0 Å². The average Bonchev–Trinajstić information content (AvgIpc) is 2.40. The number of nitrogen functional groups attached to an aromatic ring is 1. The Kier molecular flexibility index (Phi) is 6.31. The van der Waals surface area contributed by atoms with Crippen LogP contribution in [0.1, 0.15) is 31.1 Å². The molecule has 0 saturated heterocycles. The third-order valence-electron chi connectivity index (χ3n) is 3.20. The molecular formula is C15H25N3O2. The van der Waals surface area contributed by atoms with Crippen molar-refractivity contribution >= 4 is 11.6 Å². The van der Waals surface area contributed by atoms with Crippen LogP contribution in [0.25, 0.3) is 0 Å². The monoisotopic (exact) mass is 279 g/mol. The molecule has 5 heteroatoms. The highest BCUT2D eigenvalue weighted by Gasteiger charge is 2.09. The Morgan fingerprint density at radius 2 is 2.15 bits per heavy atom. The first-order chi connectivity index (χ1) is 9.45. The van der Waals surface area contributed by atoms with Crippen LogP contribution < -0.4 is 15.8 Å². The molecule has 0 radical (unpaired) electrons. The van der Waals surface area contributed by atoms with E-state index in [0.717, 1.165) is 6.54 Å². The number of nitrogens with one attached hydrogen (secondary N) is 1. The summed E-state index contributed by atoms with van der Waals surface area (Å²) < 4.78 is 5.35. The van der Waals surface area contributed by atoms with Gasteiger partial charge in [0.2, 0.25) is 0 Å². The van der Waals surface area contributed by atoms with Gasteiger partial charge in [-0.1, -0.05) is 0 Å². The Morgan fingerprint density at radius 1 is 1.45 bits per heavy atom. The largest absolute Gasteiger partial charge is 0.492 e. The molecule has 1 aromatic rings. The number of anilines is 1. The van der Waals surface area contributed by atoms with E-state index in [4.69, 9.17) is 10.5 Å². The normalized spacial score (nSPS) is 10.9. The summed E-state index contributed by atoms with van der Waals surface area (Å²) in [5.74, 6) is 0.500. The number of nitrogens with zero attached hydrogens (tertiary/aromatic N) is 1. The lowest BCUT2D eigenvalue weighted by Crippen LogP contribution is -2.36. The second-order valence-corrected chi connectivity index (χ2v) is 5.02. The molecule has 0 aliphatic rings. The van der Waals surface area contributed by atoms with Gasteiger partial charge in [0.1, 0.15) is 5.75 Å². The predicted octanol–water partition coefficient (Wildman–Crippen LogP) is 1.74. The van der Waals surface area contributed by atoms with E-state index in [1.807, 2.05) is 14.0 Å². The minimum atomic E-state index is -0.114. The fourth-order valence-corrected chi connectivity index (χ4v) is 1.68. The van der Waals surface area contributed by atoms with Gasteiger partial charge in [-0.25, -0.2) is 0 Å². The van der Waals surface area contributed by atoms with Crippen LogP contribution in [0.3, 0.4) is 0 Å². The number of likely N-dealkylation sites (N-methyl/N-ethyl adjacent to an activating group) is 1. The van der Waals surface area contributed by atoms with Crippen LogP contribution in [0.2, 0.25) is 0 Å². The molecule has 0 heterocycles.